The lowest BCUT2D eigenvalue weighted by atomic mass is 10.1. The van der Waals surface area contributed by atoms with E-state index < -0.39 is 4.92 Å². The van der Waals surface area contributed by atoms with Crippen LogP contribution >= 0.6 is 11.6 Å². The molecule has 1 aromatic heterocycles. The predicted octanol–water partition coefficient (Wildman–Crippen LogP) is 2.40. The number of nitrogens with zero attached hydrogens (tertiary/aromatic N) is 3. The molecule has 1 aliphatic heterocycles. The number of aromatic nitrogens is 1. The van der Waals surface area contributed by atoms with Crippen LogP contribution < -0.4 is 4.90 Å². The van der Waals surface area contributed by atoms with Gasteiger partial charge in [-0.3, -0.25) is 10.1 Å². The molecule has 3 rings (SSSR count). The van der Waals surface area contributed by atoms with Crippen molar-refractivity contribution in [1.29, 1.82) is 0 Å². The fraction of sp³-hybridized carbons (Fsp3) is 0.583. The van der Waals surface area contributed by atoms with Gasteiger partial charge in [-0.05, 0) is 19.3 Å². The van der Waals surface area contributed by atoms with Crippen molar-refractivity contribution in [2.45, 2.75) is 31.4 Å². The van der Waals surface area contributed by atoms with Gasteiger partial charge in [0.05, 0.1) is 35.8 Å². The highest BCUT2D eigenvalue weighted by molar-refractivity contribution is 6.29. The van der Waals surface area contributed by atoms with Crippen molar-refractivity contribution in [1.82, 2.24) is 4.98 Å². The van der Waals surface area contributed by atoms with Gasteiger partial charge >= 0.3 is 0 Å². The summed E-state index contributed by atoms with van der Waals surface area (Å²) in [4.78, 5) is 16.8. The van der Waals surface area contributed by atoms with Gasteiger partial charge in [0.15, 0.2) is 0 Å². The van der Waals surface area contributed by atoms with Crippen molar-refractivity contribution in [3.8, 4) is 0 Å². The molecule has 0 spiro atoms. The first kappa shape index (κ1) is 12.6. The van der Waals surface area contributed by atoms with E-state index >= 15 is 0 Å². The van der Waals surface area contributed by atoms with Crippen LogP contribution in [-0.2, 0) is 4.74 Å². The van der Waals surface area contributed by atoms with Gasteiger partial charge in [0.25, 0.3) is 5.69 Å². The smallest absolute Gasteiger partial charge is 0.276 e. The molecule has 7 heteroatoms. The average molecular weight is 284 g/mol. The second-order valence-corrected chi connectivity index (χ2v) is 5.25. The summed E-state index contributed by atoms with van der Waals surface area (Å²) in [5.41, 5.74) is -0.0176. The van der Waals surface area contributed by atoms with E-state index in [1.165, 1.54) is 12.1 Å². The number of hydrogen-bond donors (Lipinski definition) is 0. The summed E-state index contributed by atoms with van der Waals surface area (Å²) >= 11 is 5.88. The van der Waals surface area contributed by atoms with Crippen LogP contribution in [0.1, 0.15) is 19.3 Å². The van der Waals surface area contributed by atoms with E-state index in [1.54, 1.807) is 0 Å². The Bertz CT molecular complexity index is 511. The third-order valence-electron chi connectivity index (χ3n) is 3.75. The molecule has 2 heterocycles. The van der Waals surface area contributed by atoms with Gasteiger partial charge in [-0.25, -0.2) is 4.98 Å². The lowest BCUT2D eigenvalue weighted by molar-refractivity contribution is -0.384. The Morgan fingerprint density at radius 1 is 1.47 bits per heavy atom. The highest BCUT2D eigenvalue weighted by Crippen LogP contribution is 2.34. The lowest BCUT2D eigenvalue weighted by Crippen LogP contribution is -2.49. The van der Waals surface area contributed by atoms with Crippen LogP contribution in [0.25, 0.3) is 0 Å². The van der Waals surface area contributed by atoms with Crippen molar-refractivity contribution in [3.63, 3.8) is 0 Å². The summed E-state index contributed by atoms with van der Waals surface area (Å²) in [6.45, 7) is 1.33. The van der Waals surface area contributed by atoms with Crippen molar-refractivity contribution >= 4 is 23.1 Å². The second-order valence-electron chi connectivity index (χ2n) is 4.86. The van der Waals surface area contributed by atoms with Gasteiger partial charge in [0.2, 0.25) is 0 Å². The average Bonchev–Trinajstić information content (AvgIpc) is 2.85. The summed E-state index contributed by atoms with van der Waals surface area (Å²) in [5, 5.41) is 11.0. The summed E-state index contributed by atoms with van der Waals surface area (Å²) in [6, 6.07) is 3.03. The van der Waals surface area contributed by atoms with Gasteiger partial charge in [-0.2, -0.15) is 0 Å². The standard InChI is InChI=1S/C12H14ClN3O3/c13-11-6-8(16(17)18)7-12(14-11)15-4-5-19-10-3-1-2-9(10)15/h6-7,9-10H,1-5H2. The second kappa shape index (κ2) is 4.94. The van der Waals surface area contributed by atoms with Gasteiger partial charge in [-0.1, -0.05) is 11.6 Å². The molecular formula is C12H14ClN3O3. The number of fused-ring (bicyclic) bond motifs is 1. The Hall–Kier alpha value is -1.40. The van der Waals surface area contributed by atoms with E-state index in [4.69, 9.17) is 16.3 Å². The van der Waals surface area contributed by atoms with Crippen molar-refractivity contribution in [3.05, 3.63) is 27.4 Å². The number of pyridine rings is 1. The highest BCUT2D eigenvalue weighted by atomic mass is 35.5. The molecule has 1 aromatic rings. The zero-order valence-electron chi connectivity index (χ0n) is 10.3. The number of hydrogen-bond acceptors (Lipinski definition) is 5. The van der Waals surface area contributed by atoms with Crippen LogP contribution in [0.2, 0.25) is 5.15 Å². The quantitative estimate of drug-likeness (QED) is 0.473. The lowest BCUT2D eigenvalue weighted by Gasteiger charge is -2.38. The molecule has 2 aliphatic rings. The van der Waals surface area contributed by atoms with Crippen LogP contribution in [0.5, 0.6) is 0 Å². The van der Waals surface area contributed by atoms with E-state index in [-0.39, 0.29) is 23.0 Å². The number of nitro groups is 1. The number of anilines is 1. The minimum atomic E-state index is -0.441. The number of ether oxygens (including phenoxy) is 1. The molecule has 2 unspecified atom stereocenters. The SMILES string of the molecule is O=[N+]([O-])c1cc(Cl)nc(N2CCOC3CCCC32)c1. The molecule has 6 nitrogen and oxygen atoms in total. The molecular weight excluding hydrogens is 270 g/mol. The minimum absolute atomic E-state index is 0.0176. The first-order chi connectivity index (χ1) is 9.15. The van der Waals surface area contributed by atoms with E-state index in [0.29, 0.717) is 19.0 Å². The maximum atomic E-state index is 10.9. The van der Waals surface area contributed by atoms with Gasteiger partial charge < -0.3 is 9.64 Å². The maximum Gasteiger partial charge on any atom is 0.276 e. The zero-order chi connectivity index (χ0) is 13.4. The first-order valence-corrected chi connectivity index (χ1v) is 6.73. The van der Waals surface area contributed by atoms with Crippen LogP contribution in [0.3, 0.4) is 0 Å². The third-order valence-corrected chi connectivity index (χ3v) is 3.95. The van der Waals surface area contributed by atoms with Crippen LogP contribution in [0.15, 0.2) is 12.1 Å². The molecule has 1 aliphatic carbocycles. The molecule has 0 aromatic carbocycles. The van der Waals surface area contributed by atoms with Crippen LogP contribution in [0, 0.1) is 10.1 Å². The molecule has 1 saturated carbocycles. The molecule has 19 heavy (non-hydrogen) atoms. The van der Waals surface area contributed by atoms with Crippen molar-refractivity contribution < 1.29 is 9.66 Å². The molecule has 0 radical (unpaired) electrons. The molecule has 0 amide bonds. The number of morpholine rings is 1. The molecule has 0 N–H and O–H groups in total. The van der Waals surface area contributed by atoms with E-state index in [1.807, 2.05) is 0 Å². The van der Waals surface area contributed by atoms with E-state index in [9.17, 15) is 10.1 Å². The fourth-order valence-corrected chi connectivity index (χ4v) is 3.13. The van der Waals surface area contributed by atoms with Crippen molar-refractivity contribution in [2.75, 3.05) is 18.1 Å². The summed E-state index contributed by atoms with van der Waals surface area (Å²) in [5.74, 6) is 0.583. The summed E-state index contributed by atoms with van der Waals surface area (Å²) in [6.07, 6.45) is 3.42. The first-order valence-electron chi connectivity index (χ1n) is 6.35. The van der Waals surface area contributed by atoms with Crippen molar-refractivity contribution in [2.24, 2.45) is 0 Å². The monoisotopic (exact) mass is 283 g/mol. The van der Waals surface area contributed by atoms with Crippen LogP contribution in [-0.4, -0.2) is 35.2 Å². The topological polar surface area (TPSA) is 68.5 Å². The fourth-order valence-electron chi connectivity index (χ4n) is 2.93. The number of halogens is 1. The van der Waals surface area contributed by atoms with Gasteiger partial charge in [0, 0.05) is 6.54 Å². The zero-order valence-corrected chi connectivity index (χ0v) is 11.0. The molecule has 0 bridgehead atoms. The maximum absolute atomic E-state index is 10.9. The molecule has 102 valence electrons. The normalized spacial score (nSPS) is 26.3. The summed E-state index contributed by atoms with van der Waals surface area (Å²) in [7, 11) is 0. The van der Waals surface area contributed by atoms with Gasteiger partial charge in [0.1, 0.15) is 11.0 Å². The van der Waals surface area contributed by atoms with E-state index in [0.717, 1.165) is 19.3 Å². The predicted molar refractivity (Wildman–Crippen MR) is 70.6 cm³/mol. The Kier molecular flexibility index (Phi) is 3.28. The Morgan fingerprint density at radius 2 is 2.32 bits per heavy atom. The van der Waals surface area contributed by atoms with Gasteiger partial charge in [-0.15, -0.1) is 0 Å². The summed E-state index contributed by atoms with van der Waals surface area (Å²) < 4.78 is 5.73. The molecule has 2 fully saturated rings. The van der Waals surface area contributed by atoms with E-state index in [2.05, 4.69) is 9.88 Å². The largest absolute Gasteiger partial charge is 0.374 e. The molecule has 2 atom stereocenters. The molecule has 1 saturated heterocycles. The Labute approximate surface area is 115 Å². The third kappa shape index (κ3) is 2.37. The Balaban J connectivity index is 1.94. The minimum Gasteiger partial charge on any atom is -0.374 e. The Morgan fingerprint density at radius 3 is 3.11 bits per heavy atom. The number of rotatable bonds is 2. The van der Waals surface area contributed by atoms with Crippen LogP contribution in [0.4, 0.5) is 11.5 Å². The highest BCUT2D eigenvalue weighted by Gasteiger charge is 2.37.